The van der Waals surface area contributed by atoms with E-state index in [2.05, 4.69) is 22.0 Å². The van der Waals surface area contributed by atoms with Crippen molar-refractivity contribution >= 4 is 17.3 Å². The summed E-state index contributed by atoms with van der Waals surface area (Å²) in [5.41, 5.74) is 0.172. The number of hydrogen-bond donors (Lipinski definition) is 1. The summed E-state index contributed by atoms with van der Waals surface area (Å²) < 4.78 is 0. The molecule has 0 aliphatic carbocycles. The second kappa shape index (κ2) is 7.86. The highest BCUT2D eigenvalue weighted by atomic mass is 16.6. The van der Waals surface area contributed by atoms with Crippen molar-refractivity contribution in [2.45, 2.75) is 13.3 Å². The van der Waals surface area contributed by atoms with Crippen molar-refractivity contribution in [1.82, 2.24) is 9.80 Å². The van der Waals surface area contributed by atoms with Crippen LogP contribution in [0, 0.1) is 10.1 Å². The molecule has 120 valence electrons. The first-order chi connectivity index (χ1) is 10.6. The third kappa shape index (κ3) is 4.51. The van der Waals surface area contributed by atoms with Gasteiger partial charge in [0.15, 0.2) is 0 Å². The molecule has 1 N–H and O–H groups in total. The van der Waals surface area contributed by atoms with Gasteiger partial charge in [0.2, 0.25) is 5.91 Å². The van der Waals surface area contributed by atoms with Crippen LogP contribution < -0.4 is 5.32 Å². The van der Waals surface area contributed by atoms with E-state index in [1.54, 1.807) is 18.2 Å². The topological polar surface area (TPSA) is 78.7 Å². The van der Waals surface area contributed by atoms with E-state index < -0.39 is 4.92 Å². The fraction of sp³-hybridized carbons (Fsp3) is 0.533. The Morgan fingerprint density at radius 2 is 1.86 bits per heavy atom. The van der Waals surface area contributed by atoms with E-state index in [1.807, 2.05) is 0 Å². The molecule has 0 unspecified atom stereocenters. The van der Waals surface area contributed by atoms with Gasteiger partial charge in [-0.1, -0.05) is 19.1 Å². The second-order valence-corrected chi connectivity index (χ2v) is 5.44. The summed E-state index contributed by atoms with van der Waals surface area (Å²) in [7, 11) is 0. The normalized spacial score (nSPS) is 16.4. The van der Waals surface area contributed by atoms with Gasteiger partial charge in [-0.3, -0.25) is 19.8 Å². The standard InChI is InChI=1S/C15H22N4O3/c1-2-7-17-8-10-18(11-9-17)12-15(20)16-13-5-3-4-6-14(13)19(21)22/h3-6H,2,7-12H2,1H3,(H,16,20). The third-order valence-corrected chi connectivity index (χ3v) is 3.75. The Morgan fingerprint density at radius 3 is 2.50 bits per heavy atom. The van der Waals surface area contributed by atoms with E-state index in [-0.39, 0.29) is 23.8 Å². The zero-order valence-corrected chi connectivity index (χ0v) is 12.8. The molecule has 22 heavy (non-hydrogen) atoms. The second-order valence-electron chi connectivity index (χ2n) is 5.44. The lowest BCUT2D eigenvalue weighted by Gasteiger charge is -2.34. The molecule has 1 heterocycles. The van der Waals surface area contributed by atoms with E-state index in [0.717, 1.165) is 39.1 Å². The molecule has 2 rings (SSSR count). The minimum Gasteiger partial charge on any atom is -0.319 e. The summed E-state index contributed by atoms with van der Waals surface area (Å²) in [6.07, 6.45) is 1.14. The van der Waals surface area contributed by atoms with Crippen molar-refractivity contribution in [2.24, 2.45) is 0 Å². The number of nitro groups is 1. The molecule has 0 aromatic heterocycles. The number of rotatable bonds is 6. The summed E-state index contributed by atoms with van der Waals surface area (Å²) in [4.78, 5) is 27.0. The number of nitrogens with zero attached hydrogens (tertiary/aromatic N) is 3. The number of nitrogens with one attached hydrogen (secondary N) is 1. The molecule has 0 spiro atoms. The summed E-state index contributed by atoms with van der Waals surface area (Å²) >= 11 is 0. The maximum atomic E-state index is 12.1. The van der Waals surface area contributed by atoms with Crippen LogP contribution in [0.4, 0.5) is 11.4 Å². The smallest absolute Gasteiger partial charge is 0.292 e. The maximum Gasteiger partial charge on any atom is 0.292 e. The number of benzene rings is 1. The Balaban J connectivity index is 1.85. The van der Waals surface area contributed by atoms with Crippen molar-refractivity contribution in [2.75, 3.05) is 44.6 Å². The molecule has 1 amide bonds. The molecule has 0 bridgehead atoms. The lowest BCUT2D eigenvalue weighted by molar-refractivity contribution is -0.383. The van der Waals surface area contributed by atoms with Gasteiger partial charge >= 0.3 is 0 Å². The Hall–Kier alpha value is -1.99. The van der Waals surface area contributed by atoms with Gasteiger partial charge < -0.3 is 10.2 Å². The van der Waals surface area contributed by atoms with Gasteiger partial charge in [0, 0.05) is 32.2 Å². The Morgan fingerprint density at radius 1 is 1.23 bits per heavy atom. The first-order valence-corrected chi connectivity index (χ1v) is 7.58. The minimum atomic E-state index is -0.487. The van der Waals surface area contributed by atoms with Crippen LogP contribution in [-0.4, -0.2) is 59.9 Å². The summed E-state index contributed by atoms with van der Waals surface area (Å²) in [6, 6.07) is 6.20. The van der Waals surface area contributed by atoms with E-state index in [1.165, 1.54) is 6.07 Å². The molecule has 0 radical (unpaired) electrons. The van der Waals surface area contributed by atoms with E-state index >= 15 is 0 Å². The van der Waals surface area contributed by atoms with E-state index in [0.29, 0.717) is 0 Å². The van der Waals surface area contributed by atoms with Crippen LogP contribution in [-0.2, 0) is 4.79 Å². The van der Waals surface area contributed by atoms with E-state index in [4.69, 9.17) is 0 Å². The molecule has 1 fully saturated rings. The van der Waals surface area contributed by atoms with Gasteiger partial charge in [0.25, 0.3) is 5.69 Å². The van der Waals surface area contributed by atoms with Crippen LogP contribution in [0.3, 0.4) is 0 Å². The molecule has 1 saturated heterocycles. The molecule has 1 aromatic rings. The van der Waals surface area contributed by atoms with Crippen molar-refractivity contribution in [3.63, 3.8) is 0 Å². The maximum absolute atomic E-state index is 12.1. The van der Waals surface area contributed by atoms with Crippen molar-refractivity contribution in [1.29, 1.82) is 0 Å². The zero-order valence-electron chi connectivity index (χ0n) is 12.8. The number of piperazine rings is 1. The Bertz CT molecular complexity index is 527. The quantitative estimate of drug-likeness (QED) is 0.637. The van der Waals surface area contributed by atoms with Crippen molar-refractivity contribution in [3.8, 4) is 0 Å². The van der Waals surface area contributed by atoms with E-state index in [9.17, 15) is 14.9 Å². The summed E-state index contributed by atoms with van der Waals surface area (Å²) in [6.45, 7) is 7.16. The lowest BCUT2D eigenvalue weighted by atomic mass is 10.2. The average Bonchev–Trinajstić information content (AvgIpc) is 2.50. The van der Waals surface area contributed by atoms with Crippen LogP contribution in [0.25, 0.3) is 0 Å². The molecule has 1 aliphatic heterocycles. The van der Waals surface area contributed by atoms with Crippen LogP contribution >= 0.6 is 0 Å². The van der Waals surface area contributed by atoms with Gasteiger partial charge in [-0.05, 0) is 19.0 Å². The number of para-hydroxylation sites is 2. The number of carbonyl (C=O) groups is 1. The molecule has 7 heteroatoms. The van der Waals surface area contributed by atoms with Gasteiger partial charge in [-0.2, -0.15) is 0 Å². The van der Waals surface area contributed by atoms with Crippen molar-refractivity contribution in [3.05, 3.63) is 34.4 Å². The molecule has 1 aromatic carbocycles. The highest BCUT2D eigenvalue weighted by Crippen LogP contribution is 2.23. The SMILES string of the molecule is CCCN1CCN(CC(=O)Nc2ccccc2[N+](=O)[O-])CC1. The Labute approximate surface area is 130 Å². The van der Waals surface area contributed by atoms with Gasteiger partial charge in [0.1, 0.15) is 5.69 Å². The van der Waals surface area contributed by atoms with Crippen LogP contribution in [0.2, 0.25) is 0 Å². The van der Waals surface area contributed by atoms with Gasteiger partial charge in [-0.15, -0.1) is 0 Å². The number of hydrogen-bond acceptors (Lipinski definition) is 5. The molecular weight excluding hydrogens is 284 g/mol. The zero-order chi connectivity index (χ0) is 15.9. The van der Waals surface area contributed by atoms with Crippen LogP contribution in [0.15, 0.2) is 24.3 Å². The number of nitro benzene ring substituents is 1. The first kappa shape index (κ1) is 16.4. The van der Waals surface area contributed by atoms with Crippen LogP contribution in [0.1, 0.15) is 13.3 Å². The number of amides is 1. The average molecular weight is 306 g/mol. The molecule has 0 atom stereocenters. The summed E-state index contributed by atoms with van der Waals surface area (Å²) in [5, 5.41) is 13.6. The minimum absolute atomic E-state index is 0.0800. The molecule has 1 aliphatic rings. The molecule has 7 nitrogen and oxygen atoms in total. The van der Waals surface area contributed by atoms with Crippen LogP contribution in [0.5, 0.6) is 0 Å². The fourth-order valence-electron chi connectivity index (χ4n) is 2.62. The predicted molar refractivity (Wildman–Crippen MR) is 84.9 cm³/mol. The molecular formula is C15H22N4O3. The number of carbonyl (C=O) groups excluding carboxylic acids is 1. The fourth-order valence-corrected chi connectivity index (χ4v) is 2.62. The first-order valence-electron chi connectivity index (χ1n) is 7.58. The van der Waals surface area contributed by atoms with Crippen molar-refractivity contribution < 1.29 is 9.72 Å². The third-order valence-electron chi connectivity index (χ3n) is 3.75. The van der Waals surface area contributed by atoms with Gasteiger partial charge in [0.05, 0.1) is 11.5 Å². The van der Waals surface area contributed by atoms with Gasteiger partial charge in [-0.25, -0.2) is 0 Å². The number of anilines is 1. The highest BCUT2D eigenvalue weighted by Gasteiger charge is 2.20. The monoisotopic (exact) mass is 306 g/mol. The Kier molecular flexibility index (Phi) is 5.85. The lowest BCUT2D eigenvalue weighted by Crippen LogP contribution is -2.48. The highest BCUT2D eigenvalue weighted by molar-refractivity contribution is 5.94. The largest absolute Gasteiger partial charge is 0.319 e. The predicted octanol–water partition coefficient (Wildman–Crippen LogP) is 1.56. The molecule has 0 saturated carbocycles. The summed E-state index contributed by atoms with van der Waals surface area (Å²) in [5.74, 6) is -0.210.